The molecule has 0 saturated carbocycles. The van der Waals surface area contributed by atoms with Crippen LogP contribution in [0.25, 0.3) is 0 Å². The van der Waals surface area contributed by atoms with Crippen molar-refractivity contribution in [1.82, 2.24) is 9.55 Å². The van der Waals surface area contributed by atoms with Crippen LogP contribution < -0.4 is 11.2 Å². The van der Waals surface area contributed by atoms with Crippen molar-refractivity contribution in [2.75, 3.05) is 0 Å². The third-order valence-electron chi connectivity index (χ3n) is 9.20. The summed E-state index contributed by atoms with van der Waals surface area (Å²) in [5.74, 6) is -0.478. The number of carbonyl (C=O) groups excluding carboxylic acids is 1. The summed E-state index contributed by atoms with van der Waals surface area (Å²) in [5, 5.41) is 22.5. The molecule has 1 aliphatic heterocycles. The topological polar surface area (TPSA) is 122 Å². The van der Waals surface area contributed by atoms with Gasteiger partial charge in [-0.2, -0.15) is 0 Å². The number of H-pyrrole nitrogens is 1. The van der Waals surface area contributed by atoms with Gasteiger partial charge in [0, 0.05) is 12.6 Å². The molecule has 0 aliphatic carbocycles. The van der Waals surface area contributed by atoms with Crippen LogP contribution >= 0.6 is 0 Å². The normalized spacial score (nSPS) is 27.6. The van der Waals surface area contributed by atoms with E-state index in [1.165, 1.54) is 17.7 Å². The number of ether oxygens (including phenoxy) is 1. The maximum atomic E-state index is 12.9. The molecular formula is C24H44N2O6Si2. The van der Waals surface area contributed by atoms with Crippen molar-refractivity contribution in [1.29, 1.82) is 0 Å². The second-order valence-electron chi connectivity index (χ2n) is 13.3. The highest BCUT2D eigenvalue weighted by Crippen LogP contribution is 2.55. The maximum absolute atomic E-state index is 12.9. The second kappa shape index (κ2) is 8.36. The summed E-state index contributed by atoms with van der Waals surface area (Å²) < 4.78 is 7.73. The quantitative estimate of drug-likeness (QED) is 0.411. The molecule has 1 saturated heterocycles. The lowest BCUT2D eigenvalue weighted by Crippen LogP contribution is -2.69. The number of aliphatic hydroxyl groups excluding tert-OH is 1. The molecule has 0 aromatic carbocycles. The van der Waals surface area contributed by atoms with Crippen LogP contribution in [-0.2, 0) is 10.5 Å². The molecule has 1 aromatic rings. The van der Waals surface area contributed by atoms with E-state index >= 15 is 0 Å². The summed E-state index contributed by atoms with van der Waals surface area (Å²) in [5.41, 5.74) is -3.93. The number of rotatable bonds is 5. The zero-order valence-electron chi connectivity index (χ0n) is 22.9. The van der Waals surface area contributed by atoms with Crippen LogP contribution in [0.15, 0.2) is 15.8 Å². The van der Waals surface area contributed by atoms with Crippen LogP contribution in [0.1, 0.15) is 72.2 Å². The third-order valence-corrected chi connectivity index (χ3v) is 21.2. The average Bonchev–Trinajstić information content (AvgIpc) is 2.91. The number of carbonyl (C=O) groups is 1. The van der Waals surface area contributed by atoms with Crippen LogP contribution in [0, 0.1) is 0 Å². The number of ketones is 1. The van der Waals surface area contributed by atoms with E-state index in [2.05, 4.69) is 72.7 Å². The Morgan fingerprint density at radius 1 is 1.15 bits per heavy atom. The Labute approximate surface area is 204 Å². The van der Waals surface area contributed by atoms with Crippen LogP contribution in [0.3, 0.4) is 0 Å². The average molecular weight is 513 g/mol. The van der Waals surface area contributed by atoms with Crippen molar-refractivity contribution >= 4 is 21.9 Å². The van der Waals surface area contributed by atoms with Gasteiger partial charge < -0.3 is 14.9 Å². The number of nitrogens with one attached hydrogen (secondary N) is 1. The van der Waals surface area contributed by atoms with Crippen molar-refractivity contribution in [3.8, 4) is 0 Å². The highest BCUT2D eigenvalue weighted by molar-refractivity contribution is 6.84. The minimum absolute atomic E-state index is 0.0517. The smallest absolute Gasteiger partial charge is 0.330 e. The zero-order valence-corrected chi connectivity index (χ0v) is 24.9. The highest BCUT2D eigenvalue weighted by atomic mass is 28.3. The molecule has 10 heteroatoms. The van der Waals surface area contributed by atoms with Crippen LogP contribution in [0.2, 0.25) is 36.3 Å². The van der Waals surface area contributed by atoms with Crippen molar-refractivity contribution in [2.24, 2.45) is 0 Å². The van der Waals surface area contributed by atoms with Gasteiger partial charge in [-0.1, -0.05) is 67.7 Å². The van der Waals surface area contributed by atoms with Gasteiger partial charge in [-0.3, -0.25) is 19.1 Å². The van der Waals surface area contributed by atoms with Gasteiger partial charge >= 0.3 is 5.69 Å². The summed E-state index contributed by atoms with van der Waals surface area (Å²) in [6.45, 7) is 23.8. The standard InChI is InChI=1S/C24H44N2O6Si2/c1-15(27)16-13-26(20(30)25-18(16)28)23(8)14-24(31,34(11,12)22(5,6)7)17(32-23)19(29)33(9,10)21(2,3)4/h13,17,19,29,31H,14H2,1-12H3,(H,25,28,30)/t17-,19?,23-,24-/m1/s1. The van der Waals surface area contributed by atoms with Gasteiger partial charge in [0.25, 0.3) is 5.56 Å². The molecule has 0 radical (unpaired) electrons. The number of aliphatic hydroxyl groups is 2. The van der Waals surface area contributed by atoms with E-state index in [-0.39, 0.29) is 22.1 Å². The predicted octanol–water partition coefficient (Wildman–Crippen LogP) is 3.39. The SMILES string of the molecule is CC(=O)c1cn([C@@]2(C)C[C@@](O)([Si](C)(C)C(C)(C)C)[C@@H](C(O)[Si](C)(C)C(C)(C)C)O2)c(=O)[nH]c1=O. The van der Waals surface area contributed by atoms with Crippen molar-refractivity contribution in [2.45, 2.75) is 121 Å². The molecule has 4 atom stereocenters. The molecule has 1 aromatic heterocycles. The molecule has 1 aliphatic rings. The van der Waals surface area contributed by atoms with E-state index in [1.54, 1.807) is 6.92 Å². The van der Waals surface area contributed by atoms with Crippen LogP contribution in [0.4, 0.5) is 0 Å². The predicted molar refractivity (Wildman–Crippen MR) is 140 cm³/mol. The lowest BCUT2D eigenvalue weighted by Gasteiger charge is -2.52. The number of hydrogen-bond donors (Lipinski definition) is 3. The fraction of sp³-hybridized carbons (Fsp3) is 0.792. The molecular weight excluding hydrogens is 468 g/mol. The first kappa shape index (κ1) is 28.9. The largest absolute Gasteiger partial charge is 0.394 e. The number of hydrogen-bond acceptors (Lipinski definition) is 6. The lowest BCUT2D eigenvalue weighted by atomic mass is 10.1. The van der Waals surface area contributed by atoms with E-state index < -0.39 is 56.0 Å². The summed E-state index contributed by atoms with van der Waals surface area (Å²) in [7, 11) is -5.03. The van der Waals surface area contributed by atoms with E-state index in [1.807, 2.05) is 0 Å². The summed E-state index contributed by atoms with van der Waals surface area (Å²) in [4.78, 5) is 39.3. The van der Waals surface area contributed by atoms with Gasteiger partial charge in [0.05, 0.1) is 32.7 Å². The van der Waals surface area contributed by atoms with Crippen molar-refractivity contribution in [3.63, 3.8) is 0 Å². The Morgan fingerprint density at radius 2 is 1.65 bits per heavy atom. The fourth-order valence-electron chi connectivity index (χ4n) is 4.60. The monoisotopic (exact) mass is 512 g/mol. The summed E-state index contributed by atoms with van der Waals surface area (Å²) in [6.07, 6.45) is 0.339. The molecule has 1 unspecified atom stereocenters. The number of Topliss-reactive ketones (excluding diaryl/α,β-unsaturated/α-hetero) is 1. The molecule has 3 N–H and O–H groups in total. The van der Waals surface area contributed by atoms with Gasteiger partial charge in [-0.05, 0) is 23.9 Å². The first-order valence-electron chi connectivity index (χ1n) is 11.9. The Hall–Kier alpha value is -1.34. The highest BCUT2D eigenvalue weighted by Gasteiger charge is 2.68. The summed E-state index contributed by atoms with van der Waals surface area (Å²) >= 11 is 0. The van der Waals surface area contributed by atoms with Gasteiger partial charge in [-0.25, -0.2) is 4.79 Å². The first-order chi connectivity index (χ1) is 14.9. The van der Waals surface area contributed by atoms with E-state index in [0.29, 0.717) is 0 Å². The molecule has 2 heterocycles. The Balaban J connectivity index is 2.82. The molecule has 8 nitrogen and oxygen atoms in total. The molecule has 2 rings (SSSR count). The van der Waals surface area contributed by atoms with E-state index in [0.717, 1.165) is 0 Å². The second-order valence-corrected chi connectivity index (χ2v) is 24.5. The summed E-state index contributed by atoms with van der Waals surface area (Å²) in [6, 6.07) is 0. The zero-order chi connectivity index (χ0) is 26.9. The maximum Gasteiger partial charge on any atom is 0.330 e. The van der Waals surface area contributed by atoms with E-state index in [9.17, 15) is 24.6 Å². The van der Waals surface area contributed by atoms with Gasteiger partial charge in [0.15, 0.2) is 5.78 Å². The van der Waals surface area contributed by atoms with Crippen LogP contribution in [0.5, 0.6) is 0 Å². The first-order valence-corrected chi connectivity index (χ1v) is 18.0. The van der Waals surface area contributed by atoms with Gasteiger partial charge in [-0.15, -0.1) is 0 Å². The Bertz CT molecular complexity index is 1080. The van der Waals surface area contributed by atoms with Gasteiger partial charge in [0.2, 0.25) is 0 Å². The number of aromatic amines is 1. The number of nitrogens with zero attached hydrogens (tertiary/aromatic N) is 1. The minimum atomic E-state index is -2.61. The molecule has 34 heavy (non-hydrogen) atoms. The molecule has 1 fully saturated rings. The van der Waals surface area contributed by atoms with Crippen LogP contribution in [-0.4, -0.2) is 58.8 Å². The minimum Gasteiger partial charge on any atom is -0.394 e. The molecule has 0 spiro atoms. The molecule has 0 bridgehead atoms. The number of aromatic nitrogens is 2. The molecule has 0 amide bonds. The van der Waals surface area contributed by atoms with E-state index in [4.69, 9.17) is 4.74 Å². The molecule has 194 valence electrons. The Kier molecular flexibility index (Phi) is 7.11. The van der Waals surface area contributed by atoms with Crippen molar-refractivity contribution in [3.05, 3.63) is 32.6 Å². The Morgan fingerprint density at radius 3 is 2.06 bits per heavy atom. The third kappa shape index (κ3) is 4.36. The van der Waals surface area contributed by atoms with Crippen molar-refractivity contribution < 1.29 is 19.7 Å². The fourth-order valence-corrected chi connectivity index (χ4v) is 9.75. The van der Waals surface area contributed by atoms with Gasteiger partial charge in [0.1, 0.15) is 11.8 Å². The lowest BCUT2D eigenvalue weighted by molar-refractivity contribution is -0.124.